The lowest BCUT2D eigenvalue weighted by Gasteiger charge is -2.28. The largest absolute Gasteiger partial charge is 0.473 e. The van der Waals surface area contributed by atoms with E-state index in [1.165, 1.54) is 5.56 Å². The molecule has 37 heavy (non-hydrogen) atoms. The molecular formula is C26H30N6O5. The van der Waals surface area contributed by atoms with E-state index < -0.39 is 11.9 Å². The molecule has 11 heteroatoms. The fourth-order valence-electron chi connectivity index (χ4n) is 4.65. The van der Waals surface area contributed by atoms with Crippen LogP contribution in [-0.2, 0) is 20.8 Å². The first-order valence-corrected chi connectivity index (χ1v) is 12.3. The zero-order valence-corrected chi connectivity index (χ0v) is 20.4. The number of piperidine rings is 1. The lowest BCUT2D eigenvalue weighted by atomic mass is 10.0. The molecule has 0 aromatic carbocycles. The van der Waals surface area contributed by atoms with Gasteiger partial charge in [0.15, 0.2) is 5.82 Å². The number of amides is 1. The van der Waals surface area contributed by atoms with E-state index in [9.17, 15) is 4.79 Å². The molecule has 2 aliphatic heterocycles. The number of aromatic nitrogens is 4. The molecule has 0 radical (unpaired) electrons. The van der Waals surface area contributed by atoms with Crippen molar-refractivity contribution in [1.82, 2.24) is 24.6 Å². The molecule has 5 rings (SSSR count). The summed E-state index contributed by atoms with van der Waals surface area (Å²) < 4.78 is 1.81. The summed E-state index contributed by atoms with van der Waals surface area (Å²) in [6, 6.07) is 12.2. The number of nitrogens with zero attached hydrogens (tertiary/aromatic N) is 6. The van der Waals surface area contributed by atoms with E-state index in [0.717, 1.165) is 69.2 Å². The predicted octanol–water partition coefficient (Wildman–Crippen LogP) is 2.37. The van der Waals surface area contributed by atoms with Gasteiger partial charge in [-0.3, -0.25) is 9.69 Å². The lowest BCUT2D eigenvalue weighted by Crippen LogP contribution is -2.36. The Morgan fingerprint density at radius 2 is 1.84 bits per heavy atom. The van der Waals surface area contributed by atoms with Crippen LogP contribution in [-0.4, -0.2) is 78.9 Å². The molecule has 0 aliphatic carbocycles. The van der Waals surface area contributed by atoms with Crippen molar-refractivity contribution in [3.8, 4) is 5.82 Å². The third-order valence-corrected chi connectivity index (χ3v) is 6.51. The monoisotopic (exact) mass is 506 g/mol. The lowest BCUT2D eigenvalue weighted by molar-refractivity contribution is -0.159. The minimum Gasteiger partial charge on any atom is -0.473 e. The molecule has 3 aromatic rings. The third-order valence-electron chi connectivity index (χ3n) is 6.51. The van der Waals surface area contributed by atoms with E-state index >= 15 is 0 Å². The number of hydrogen-bond acceptors (Lipinski definition) is 7. The van der Waals surface area contributed by atoms with E-state index in [1.807, 2.05) is 34.0 Å². The van der Waals surface area contributed by atoms with Gasteiger partial charge in [-0.25, -0.2) is 24.2 Å². The van der Waals surface area contributed by atoms with Gasteiger partial charge in [-0.15, -0.1) is 0 Å². The number of aliphatic carboxylic acids is 2. The maximum atomic E-state index is 12.4. The van der Waals surface area contributed by atoms with Crippen LogP contribution in [0, 0.1) is 0 Å². The van der Waals surface area contributed by atoms with Gasteiger partial charge in [0.05, 0.1) is 0 Å². The van der Waals surface area contributed by atoms with Crippen molar-refractivity contribution in [2.45, 2.75) is 38.0 Å². The van der Waals surface area contributed by atoms with Crippen molar-refractivity contribution < 1.29 is 24.6 Å². The van der Waals surface area contributed by atoms with Crippen molar-refractivity contribution in [3.05, 3.63) is 66.2 Å². The summed E-state index contributed by atoms with van der Waals surface area (Å²) in [5, 5.41) is 19.1. The van der Waals surface area contributed by atoms with Gasteiger partial charge >= 0.3 is 11.9 Å². The normalized spacial score (nSPS) is 17.8. The average molecular weight is 507 g/mol. The van der Waals surface area contributed by atoms with E-state index in [0.29, 0.717) is 12.3 Å². The molecule has 0 bridgehead atoms. The average Bonchev–Trinajstić information content (AvgIpc) is 3.61. The molecule has 5 heterocycles. The second-order valence-electron chi connectivity index (χ2n) is 9.01. The summed E-state index contributed by atoms with van der Waals surface area (Å²) in [5.41, 5.74) is 2.30. The zero-order chi connectivity index (χ0) is 26.2. The highest BCUT2D eigenvalue weighted by Crippen LogP contribution is 2.28. The molecule has 0 spiro atoms. The molecule has 11 nitrogen and oxygen atoms in total. The number of carbonyl (C=O) groups is 3. The van der Waals surface area contributed by atoms with Gasteiger partial charge in [0, 0.05) is 56.3 Å². The molecule has 1 unspecified atom stereocenters. The minimum absolute atomic E-state index is 0.204. The Morgan fingerprint density at radius 3 is 2.57 bits per heavy atom. The number of hydrogen-bond donors (Lipinski definition) is 2. The van der Waals surface area contributed by atoms with Crippen LogP contribution in [0.4, 0.5) is 5.82 Å². The van der Waals surface area contributed by atoms with E-state index in [1.54, 1.807) is 12.4 Å². The van der Waals surface area contributed by atoms with Gasteiger partial charge in [0.1, 0.15) is 5.82 Å². The second kappa shape index (κ2) is 12.2. The van der Waals surface area contributed by atoms with E-state index in [-0.39, 0.29) is 5.91 Å². The van der Waals surface area contributed by atoms with Crippen LogP contribution in [0.25, 0.3) is 5.82 Å². The predicted molar refractivity (Wildman–Crippen MR) is 135 cm³/mol. The quantitative estimate of drug-likeness (QED) is 0.482. The summed E-state index contributed by atoms with van der Waals surface area (Å²) in [6.45, 7) is 3.83. The number of rotatable bonds is 6. The molecule has 2 saturated heterocycles. The van der Waals surface area contributed by atoms with Crippen LogP contribution in [0.2, 0.25) is 0 Å². The Balaban J connectivity index is 0.000000480. The van der Waals surface area contributed by atoms with E-state index in [4.69, 9.17) is 24.8 Å². The summed E-state index contributed by atoms with van der Waals surface area (Å²) in [4.78, 5) is 44.4. The molecule has 194 valence electrons. The Morgan fingerprint density at radius 1 is 1.00 bits per heavy atom. The molecule has 2 fully saturated rings. The first-order chi connectivity index (χ1) is 17.9. The van der Waals surface area contributed by atoms with Gasteiger partial charge < -0.3 is 15.1 Å². The molecule has 3 aromatic heterocycles. The number of anilines is 1. The second-order valence-corrected chi connectivity index (χ2v) is 9.01. The van der Waals surface area contributed by atoms with Crippen LogP contribution in [0.15, 0.2) is 55.0 Å². The third kappa shape index (κ3) is 6.76. The Bertz CT molecular complexity index is 1220. The zero-order valence-electron chi connectivity index (χ0n) is 20.4. The molecule has 2 N–H and O–H groups in total. The summed E-state index contributed by atoms with van der Waals surface area (Å²) >= 11 is 0. The van der Waals surface area contributed by atoms with Crippen molar-refractivity contribution >= 4 is 23.7 Å². The topological polar surface area (TPSA) is 142 Å². The van der Waals surface area contributed by atoms with Crippen molar-refractivity contribution in [2.24, 2.45) is 0 Å². The fourth-order valence-corrected chi connectivity index (χ4v) is 4.65. The molecule has 0 saturated carbocycles. The highest BCUT2D eigenvalue weighted by Gasteiger charge is 2.26. The molecule has 1 amide bonds. The first kappa shape index (κ1) is 26.0. The highest BCUT2D eigenvalue weighted by molar-refractivity contribution is 6.27. The fraction of sp³-hybridized carbons (Fsp3) is 0.385. The van der Waals surface area contributed by atoms with Crippen LogP contribution in [0.3, 0.4) is 0 Å². The molecular weight excluding hydrogens is 476 g/mol. The van der Waals surface area contributed by atoms with Gasteiger partial charge in [0.25, 0.3) is 0 Å². The van der Waals surface area contributed by atoms with Gasteiger partial charge in [-0.05, 0) is 62.1 Å². The Kier molecular flexibility index (Phi) is 8.57. The number of likely N-dealkylation sites (tertiary alicyclic amines) is 1. The van der Waals surface area contributed by atoms with Crippen molar-refractivity contribution in [2.75, 3.05) is 31.1 Å². The number of pyridine rings is 2. The molecule has 2 aliphatic rings. The number of carboxylic acid groups (broad SMARTS) is 2. The van der Waals surface area contributed by atoms with Crippen LogP contribution in [0.1, 0.15) is 42.9 Å². The van der Waals surface area contributed by atoms with Gasteiger partial charge in [0.2, 0.25) is 5.91 Å². The van der Waals surface area contributed by atoms with E-state index in [2.05, 4.69) is 33.2 Å². The molecule has 1 atom stereocenters. The van der Waals surface area contributed by atoms with Gasteiger partial charge in [-0.2, -0.15) is 5.10 Å². The highest BCUT2D eigenvalue weighted by atomic mass is 16.4. The summed E-state index contributed by atoms with van der Waals surface area (Å²) in [5.74, 6) is -1.28. The van der Waals surface area contributed by atoms with Crippen LogP contribution in [0.5, 0.6) is 0 Å². The standard InChI is InChI=1S/C24H28N6O.C2H2O4/c31-23-9-1-2-14-29(23)24-19(6-4-12-25-24)10-16-28-17-11-20(18-28)21-7-3-8-22(27-21)30-15-5-13-26-30;3-1(4)2(5)6/h3-8,12-13,15,20H,1-2,9-11,14,16-18H2;(H,3,4)(H,5,6). The number of carbonyl (C=O) groups excluding carboxylic acids is 1. The van der Waals surface area contributed by atoms with Crippen LogP contribution < -0.4 is 4.90 Å². The number of carboxylic acids is 2. The van der Waals surface area contributed by atoms with Crippen molar-refractivity contribution in [3.63, 3.8) is 0 Å². The SMILES string of the molecule is O=C(O)C(=O)O.O=C1CCCCN1c1ncccc1CCN1CCC(c2cccc(-n3cccn3)n2)C1. The maximum Gasteiger partial charge on any atom is 0.414 e. The maximum absolute atomic E-state index is 12.4. The first-order valence-electron chi connectivity index (χ1n) is 12.3. The van der Waals surface area contributed by atoms with Crippen molar-refractivity contribution in [1.29, 1.82) is 0 Å². The Labute approximate surface area is 214 Å². The summed E-state index contributed by atoms with van der Waals surface area (Å²) in [7, 11) is 0. The smallest absolute Gasteiger partial charge is 0.414 e. The van der Waals surface area contributed by atoms with Gasteiger partial charge in [-0.1, -0.05) is 12.1 Å². The minimum atomic E-state index is -1.82. The van der Waals surface area contributed by atoms with Crippen LogP contribution >= 0.6 is 0 Å². The Hall–Kier alpha value is -4.12. The summed E-state index contributed by atoms with van der Waals surface area (Å²) in [6.07, 6.45) is 10.2.